The Balaban J connectivity index is 2.53. The van der Waals surface area contributed by atoms with Crippen molar-refractivity contribution in [3.8, 4) is 5.95 Å². The van der Waals surface area contributed by atoms with Gasteiger partial charge in [0.15, 0.2) is 0 Å². The first kappa shape index (κ1) is 12.0. The van der Waals surface area contributed by atoms with Gasteiger partial charge in [-0.25, -0.2) is 14.6 Å². The van der Waals surface area contributed by atoms with Crippen LogP contribution in [-0.4, -0.2) is 19.7 Å². The molecule has 0 atom stereocenters. The highest BCUT2D eigenvalue weighted by Crippen LogP contribution is 2.15. The first-order valence-electron chi connectivity index (χ1n) is 5.46. The number of alkyl halides is 1. The van der Waals surface area contributed by atoms with Crippen LogP contribution < -0.4 is 0 Å². The van der Waals surface area contributed by atoms with Gasteiger partial charge in [0.2, 0.25) is 0 Å². The maximum Gasteiger partial charge on any atom is 0.250 e. The molecule has 0 N–H and O–H groups in total. The molecule has 0 radical (unpaired) electrons. The molecule has 90 valence electrons. The van der Waals surface area contributed by atoms with Gasteiger partial charge in [-0.05, 0) is 33.3 Å². The molecule has 17 heavy (non-hydrogen) atoms. The highest BCUT2D eigenvalue weighted by molar-refractivity contribution is 6.17. The van der Waals surface area contributed by atoms with Gasteiger partial charge in [0.1, 0.15) is 0 Å². The van der Waals surface area contributed by atoms with Crippen molar-refractivity contribution in [2.24, 2.45) is 0 Å². The van der Waals surface area contributed by atoms with E-state index in [9.17, 15) is 0 Å². The molecule has 0 amide bonds. The minimum Gasteiger partial charge on any atom is -0.219 e. The molecule has 0 aromatic carbocycles. The molecule has 0 fully saturated rings. The largest absolute Gasteiger partial charge is 0.250 e. The minimum atomic E-state index is 0.433. The van der Waals surface area contributed by atoms with Crippen molar-refractivity contribution in [3.05, 3.63) is 34.4 Å². The van der Waals surface area contributed by atoms with Crippen molar-refractivity contribution in [2.75, 3.05) is 0 Å². The third-order valence-electron chi connectivity index (χ3n) is 3.05. The topological polar surface area (TPSA) is 43.6 Å². The van der Waals surface area contributed by atoms with Crippen LogP contribution in [0.15, 0.2) is 6.20 Å². The zero-order chi connectivity index (χ0) is 12.6. The zero-order valence-electron chi connectivity index (χ0n) is 10.5. The monoisotopic (exact) mass is 250 g/mol. The van der Waals surface area contributed by atoms with Crippen LogP contribution in [-0.2, 0) is 5.88 Å². The summed E-state index contributed by atoms with van der Waals surface area (Å²) in [6.07, 6.45) is 1.76. The van der Waals surface area contributed by atoms with Gasteiger partial charge in [-0.3, -0.25) is 0 Å². The summed E-state index contributed by atoms with van der Waals surface area (Å²) in [5.74, 6) is 1.03. The van der Waals surface area contributed by atoms with Gasteiger partial charge in [-0.2, -0.15) is 5.10 Å². The molecule has 0 saturated carbocycles. The molecule has 0 spiro atoms. The smallest absolute Gasteiger partial charge is 0.219 e. The second-order valence-corrected chi connectivity index (χ2v) is 4.39. The fourth-order valence-electron chi connectivity index (χ4n) is 1.63. The van der Waals surface area contributed by atoms with Gasteiger partial charge >= 0.3 is 0 Å². The molecule has 0 bridgehead atoms. The predicted octanol–water partition coefficient (Wildman–Crippen LogP) is 2.63. The van der Waals surface area contributed by atoms with Crippen LogP contribution >= 0.6 is 11.6 Å². The lowest BCUT2D eigenvalue weighted by Gasteiger charge is -2.05. The number of hydrogen-bond donors (Lipinski definition) is 0. The minimum absolute atomic E-state index is 0.433. The summed E-state index contributed by atoms with van der Waals surface area (Å²) in [5, 5.41) is 4.44. The van der Waals surface area contributed by atoms with Gasteiger partial charge in [-0.1, -0.05) is 0 Å². The first-order chi connectivity index (χ1) is 8.04. The lowest BCUT2D eigenvalue weighted by Crippen LogP contribution is -2.07. The van der Waals surface area contributed by atoms with Crippen LogP contribution in [0.1, 0.15) is 28.2 Å². The van der Waals surface area contributed by atoms with E-state index in [0.717, 1.165) is 22.6 Å². The normalized spacial score (nSPS) is 10.9. The standard InChI is InChI=1S/C12H15ClN4/c1-7-8(2)16-17(10(7)4)12-14-6-11(5-13)9(3)15-12/h6H,5H2,1-4H3. The van der Waals surface area contributed by atoms with Crippen molar-refractivity contribution in [1.82, 2.24) is 19.7 Å². The van der Waals surface area contributed by atoms with E-state index in [4.69, 9.17) is 11.6 Å². The van der Waals surface area contributed by atoms with Crippen molar-refractivity contribution < 1.29 is 0 Å². The van der Waals surface area contributed by atoms with E-state index < -0.39 is 0 Å². The van der Waals surface area contributed by atoms with Gasteiger partial charge in [0, 0.05) is 23.1 Å². The Bertz CT molecular complexity index is 560. The Labute approximate surface area is 106 Å². The molecule has 5 heteroatoms. The number of hydrogen-bond acceptors (Lipinski definition) is 3. The average Bonchev–Trinajstić information content (AvgIpc) is 2.57. The van der Waals surface area contributed by atoms with Crippen LogP contribution in [0.3, 0.4) is 0 Å². The SMILES string of the molecule is Cc1nc(-n2nc(C)c(C)c2C)ncc1CCl. The van der Waals surface area contributed by atoms with Crippen molar-refractivity contribution in [1.29, 1.82) is 0 Å². The van der Waals surface area contributed by atoms with E-state index in [-0.39, 0.29) is 0 Å². The molecule has 2 rings (SSSR count). The second kappa shape index (κ2) is 4.45. The van der Waals surface area contributed by atoms with E-state index in [1.54, 1.807) is 10.9 Å². The highest BCUT2D eigenvalue weighted by atomic mass is 35.5. The Morgan fingerprint density at radius 1 is 1.18 bits per heavy atom. The number of halogens is 1. The first-order valence-corrected chi connectivity index (χ1v) is 5.99. The fourth-order valence-corrected chi connectivity index (χ4v) is 1.89. The summed E-state index contributed by atoms with van der Waals surface area (Å²) in [6.45, 7) is 7.98. The third-order valence-corrected chi connectivity index (χ3v) is 3.34. The van der Waals surface area contributed by atoms with E-state index in [1.165, 1.54) is 5.56 Å². The van der Waals surface area contributed by atoms with Crippen LogP contribution in [0.5, 0.6) is 0 Å². The summed E-state index contributed by atoms with van der Waals surface area (Å²) in [7, 11) is 0. The van der Waals surface area contributed by atoms with E-state index in [0.29, 0.717) is 11.8 Å². The summed E-state index contributed by atoms with van der Waals surface area (Å²) in [4.78, 5) is 8.74. The maximum atomic E-state index is 5.79. The van der Waals surface area contributed by atoms with Crippen molar-refractivity contribution >= 4 is 11.6 Å². The quantitative estimate of drug-likeness (QED) is 0.770. The molecular weight excluding hydrogens is 236 g/mol. The average molecular weight is 251 g/mol. The summed E-state index contributed by atoms with van der Waals surface area (Å²) in [5.41, 5.74) is 5.10. The Kier molecular flexibility index (Phi) is 3.15. The molecule has 0 aliphatic heterocycles. The molecular formula is C12H15ClN4. The highest BCUT2D eigenvalue weighted by Gasteiger charge is 2.11. The molecule has 2 heterocycles. The number of aromatic nitrogens is 4. The van der Waals surface area contributed by atoms with Crippen LogP contribution in [0, 0.1) is 27.7 Å². The predicted molar refractivity (Wildman–Crippen MR) is 67.7 cm³/mol. The third kappa shape index (κ3) is 2.05. The summed E-state index contributed by atoms with van der Waals surface area (Å²) >= 11 is 5.79. The maximum absolute atomic E-state index is 5.79. The molecule has 0 saturated heterocycles. The molecule has 0 aliphatic rings. The molecule has 2 aromatic heterocycles. The lowest BCUT2D eigenvalue weighted by molar-refractivity contribution is 0.764. The summed E-state index contributed by atoms with van der Waals surface area (Å²) in [6, 6.07) is 0. The van der Waals surface area contributed by atoms with Crippen LogP contribution in [0.2, 0.25) is 0 Å². The van der Waals surface area contributed by atoms with Crippen molar-refractivity contribution in [3.63, 3.8) is 0 Å². The summed E-state index contributed by atoms with van der Waals surface area (Å²) < 4.78 is 1.77. The zero-order valence-corrected chi connectivity index (χ0v) is 11.2. The second-order valence-electron chi connectivity index (χ2n) is 4.12. The van der Waals surface area contributed by atoms with Gasteiger partial charge in [0.25, 0.3) is 5.95 Å². The Hall–Kier alpha value is -1.42. The van der Waals surface area contributed by atoms with E-state index in [2.05, 4.69) is 15.1 Å². The fraction of sp³-hybridized carbons (Fsp3) is 0.417. The lowest BCUT2D eigenvalue weighted by atomic mass is 10.2. The number of rotatable bonds is 2. The van der Waals surface area contributed by atoms with Crippen LogP contribution in [0.4, 0.5) is 0 Å². The number of aryl methyl sites for hydroxylation is 2. The van der Waals surface area contributed by atoms with Gasteiger partial charge < -0.3 is 0 Å². The van der Waals surface area contributed by atoms with Crippen LogP contribution in [0.25, 0.3) is 5.95 Å². The van der Waals surface area contributed by atoms with E-state index in [1.807, 2.05) is 27.7 Å². The Morgan fingerprint density at radius 2 is 1.88 bits per heavy atom. The Morgan fingerprint density at radius 3 is 2.35 bits per heavy atom. The van der Waals surface area contributed by atoms with Crippen molar-refractivity contribution in [2.45, 2.75) is 33.6 Å². The van der Waals surface area contributed by atoms with E-state index >= 15 is 0 Å². The number of nitrogens with zero attached hydrogens (tertiary/aromatic N) is 4. The molecule has 4 nitrogen and oxygen atoms in total. The molecule has 0 aliphatic carbocycles. The molecule has 2 aromatic rings. The van der Waals surface area contributed by atoms with Gasteiger partial charge in [0.05, 0.1) is 11.6 Å². The van der Waals surface area contributed by atoms with Gasteiger partial charge in [-0.15, -0.1) is 11.6 Å². The molecule has 0 unspecified atom stereocenters.